The first kappa shape index (κ1) is 17.9. The summed E-state index contributed by atoms with van der Waals surface area (Å²) in [5.41, 5.74) is 3.31. The summed E-state index contributed by atoms with van der Waals surface area (Å²) < 4.78 is 4.80. The lowest BCUT2D eigenvalue weighted by Crippen LogP contribution is -2.32. The van der Waals surface area contributed by atoms with E-state index in [1.807, 2.05) is 31.2 Å². The number of hydrogen-bond donors (Lipinski definition) is 2. The Morgan fingerprint density at radius 3 is 2.50 bits per heavy atom. The van der Waals surface area contributed by atoms with Gasteiger partial charge in [0.05, 0.1) is 18.7 Å². The van der Waals surface area contributed by atoms with E-state index < -0.39 is 0 Å². The Hall–Kier alpha value is -2.40. The summed E-state index contributed by atoms with van der Waals surface area (Å²) in [4.78, 5) is 11.8. The Balaban J connectivity index is 2.11. The van der Waals surface area contributed by atoms with E-state index >= 15 is 0 Å². The molecule has 0 radical (unpaired) electrons. The molecule has 126 valence electrons. The van der Waals surface area contributed by atoms with Crippen molar-refractivity contribution < 1.29 is 9.53 Å². The number of ether oxygens (including phenoxy) is 1. The Labute approximate surface area is 148 Å². The molecule has 0 aliphatic heterocycles. The van der Waals surface area contributed by atoms with Crippen LogP contribution in [-0.2, 0) is 4.74 Å². The lowest BCUT2D eigenvalue weighted by molar-refractivity contribution is 0.0600. The van der Waals surface area contributed by atoms with E-state index in [1.165, 1.54) is 12.7 Å². The molecule has 2 aromatic rings. The Morgan fingerprint density at radius 2 is 1.88 bits per heavy atom. The van der Waals surface area contributed by atoms with Crippen LogP contribution in [0.3, 0.4) is 0 Å². The lowest BCUT2D eigenvalue weighted by atomic mass is 10.1. The zero-order valence-corrected chi connectivity index (χ0v) is 14.9. The van der Waals surface area contributed by atoms with E-state index in [9.17, 15) is 4.79 Å². The maximum atomic E-state index is 11.8. The second-order valence-corrected chi connectivity index (χ2v) is 5.85. The highest BCUT2D eigenvalue weighted by atomic mass is 32.1. The number of methoxy groups -OCH3 is 1. The molecule has 0 fully saturated rings. The van der Waals surface area contributed by atoms with Crippen LogP contribution in [-0.4, -0.2) is 18.2 Å². The second-order valence-electron chi connectivity index (χ2n) is 5.44. The molecular weight excluding hydrogens is 320 g/mol. The first-order valence-corrected chi connectivity index (χ1v) is 8.28. The van der Waals surface area contributed by atoms with Crippen molar-refractivity contribution in [2.24, 2.45) is 0 Å². The average molecular weight is 342 g/mol. The largest absolute Gasteiger partial charge is 0.465 e. The molecule has 2 aromatic carbocycles. The number of rotatable bonds is 5. The zero-order valence-electron chi connectivity index (χ0n) is 14.1. The van der Waals surface area contributed by atoms with Gasteiger partial charge in [-0.2, -0.15) is 0 Å². The van der Waals surface area contributed by atoms with Crippen molar-refractivity contribution in [1.82, 2.24) is 5.32 Å². The number of anilines is 1. The maximum Gasteiger partial charge on any atom is 0.338 e. The molecule has 0 aromatic heterocycles. The zero-order chi connectivity index (χ0) is 17.5. The van der Waals surface area contributed by atoms with E-state index in [-0.39, 0.29) is 12.0 Å². The van der Waals surface area contributed by atoms with Crippen molar-refractivity contribution >= 4 is 29.0 Å². The van der Waals surface area contributed by atoms with Crippen LogP contribution in [0, 0.1) is 6.92 Å². The van der Waals surface area contributed by atoms with E-state index in [1.54, 1.807) is 12.1 Å². The highest BCUT2D eigenvalue weighted by Crippen LogP contribution is 2.21. The maximum absolute atomic E-state index is 11.8. The van der Waals surface area contributed by atoms with E-state index in [4.69, 9.17) is 17.0 Å². The number of carbonyl (C=O) groups is 1. The van der Waals surface area contributed by atoms with Crippen molar-refractivity contribution in [2.75, 3.05) is 12.4 Å². The minimum absolute atomic E-state index is 0.135. The molecule has 5 heteroatoms. The number of hydrogen-bond acceptors (Lipinski definition) is 3. The molecular formula is C19H22N2O2S. The summed E-state index contributed by atoms with van der Waals surface area (Å²) >= 11 is 5.44. The van der Waals surface area contributed by atoms with Gasteiger partial charge in [0.2, 0.25) is 0 Å². The third kappa shape index (κ3) is 4.32. The Kier molecular flexibility index (Phi) is 6.32. The molecule has 0 aliphatic carbocycles. The first-order chi connectivity index (χ1) is 11.6. The average Bonchev–Trinajstić information content (AvgIpc) is 2.61. The predicted molar refractivity (Wildman–Crippen MR) is 101 cm³/mol. The molecule has 4 nitrogen and oxygen atoms in total. The minimum Gasteiger partial charge on any atom is -0.465 e. The number of nitrogens with one attached hydrogen (secondary N) is 2. The fourth-order valence-electron chi connectivity index (χ4n) is 2.53. The van der Waals surface area contributed by atoms with Crippen LogP contribution in [0.1, 0.15) is 40.9 Å². The molecule has 2 N–H and O–H groups in total. The molecule has 0 spiro atoms. The fourth-order valence-corrected chi connectivity index (χ4v) is 2.78. The van der Waals surface area contributed by atoms with Crippen LogP contribution in [0.5, 0.6) is 0 Å². The molecule has 24 heavy (non-hydrogen) atoms. The quantitative estimate of drug-likeness (QED) is 0.629. The molecule has 1 unspecified atom stereocenters. The Morgan fingerprint density at radius 1 is 1.17 bits per heavy atom. The van der Waals surface area contributed by atoms with Gasteiger partial charge in [0.25, 0.3) is 0 Å². The van der Waals surface area contributed by atoms with Crippen molar-refractivity contribution in [1.29, 1.82) is 0 Å². The van der Waals surface area contributed by atoms with Gasteiger partial charge < -0.3 is 15.4 Å². The topological polar surface area (TPSA) is 50.4 Å². The van der Waals surface area contributed by atoms with E-state index in [0.29, 0.717) is 10.7 Å². The summed E-state index contributed by atoms with van der Waals surface area (Å²) in [7, 11) is 1.37. The minimum atomic E-state index is -0.356. The van der Waals surface area contributed by atoms with Gasteiger partial charge in [0.1, 0.15) is 0 Å². The number of thiocarbonyl (C=S) groups is 1. The highest BCUT2D eigenvalue weighted by molar-refractivity contribution is 7.80. The summed E-state index contributed by atoms with van der Waals surface area (Å²) in [6.45, 7) is 3.97. The van der Waals surface area contributed by atoms with Gasteiger partial charge in [0.15, 0.2) is 5.11 Å². The van der Waals surface area contributed by atoms with Crippen LogP contribution in [0.2, 0.25) is 0 Å². The number of benzene rings is 2. The van der Waals surface area contributed by atoms with Crippen LogP contribution < -0.4 is 10.6 Å². The monoisotopic (exact) mass is 342 g/mol. The molecule has 0 bridgehead atoms. The van der Waals surface area contributed by atoms with Crippen molar-refractivity contribution in [3.63, 3.8) is 0 Å². The van der Waals surface area contributed by atoms with Gasteiger partial charge in [-0.25, -0.2) is 4.79 Å². The van der Waals surface area contributed by atoms with Crippen LogP contribution in [0.4, 0.5) is 5.69 Å². The lowest BCUT2D eigenvalue weighted by Gasteiger charge is -2.21. The van der Waals surface area contributed by atoms with Gasteiger partial charge in [0, 0.05) is 5.69 Å². The van der Waals surface area contributed by atoms with Crippen molar-refractivity contribution in [3.05, 3.63) is 65.2 Å². The number of esters is 1. The summed E-state index contributed by atoms with van der Waals surface area (Å²) in [6, 6.07) is 15.7. The van der Waals surface area contributed by atoms with Crippen LogP contribution >= 0.6 is 12.2 Å². The predicted octanol–water partition coefficient (Wildman–Crippen LogP) is 4.22. The summed E-state index contributed by atoms with van der Waals surface area (Å²) in [6.07, 6.45) is 0.910. The van der Waals surface area contributed by atoms with Gasteiger partial charge in [-0.1, -0.05) is 43.3 Å². The molecule has 0 amide bonds. The van der Waals surface area contributed by atoms with Crippen molar-refractivity contribution in [2.45, 2.75) is 26.3 Å². The highest BCUT2D eigenvalue weighted by Gasteiger charge is 2.14. The standard InChI is InChI=1S/C19H22N2O2S/c1-4-16(14-9-6-5-7-10-14)20-19(24)21-17-12-8-11-15(13(17)2)18(22)23-3/h5-12,16H,4H2,1-3H3,(H2,20,21,24). The van der Waals surface area contributed by atoms with Gasteiger partial charge >= 0.3 is 5.97 Å². The van der Waals surface area contributed by atoms with Crippen LogP contribution in [0.25, 0.3) is 0 Å². The summed E-state index contributed by atoms with van der Waals surface area (Å²) in [5.74, 6) is -0.356. The molecule has 2 rings (SSSR count). The Bertz CT molecular complexity index is 717. The molecule has 0 saturated heterocycles. The fraction of sp³-hybridized carbons (Fsp3) is 0.263. The first-order valence-electron chi connectivity index (χ1n) is 7.87. The van der Waals surface area contributed by atoms with Crippen LogP contribution in [0.15, 0.2) is 48.5 Å². The summed E-state index contributed by atoms with van der Waals surface area (Å²) in [5, 5.41) is 7.03. The third-order valence-electron chi connectivity index (χ3n) is 3.90. The van der Waals surface area contributed by atoms with Gasteiger partial charge in [-0.3, -0.25) is 0 Å². The SMILES string of the molecule is CCC(NC(=S)Nc1cccc(C(=O)OC)c1C)c1ccccc1. The second kappa shape index (κ2) is 8.45. The smallest absolute Gasteiger partial charge is 0.338 e. The third-order valence-corrected chi connectivity index (χ3v) is 4.12. The van der Waals surface area contributed by atoms with E-state index in [2.05, 4.69) is 29.7 Å². The van der Waals surface area contributed by atoms with Crippen molar-refractivity contribution in [3.8, 4) is 0 Å². The van der Waals surface area contributed by atoms with Gasteiger partial charge in [-0.05, 0) is 48.8 Å². The molecule has 0 saturated carbocycles. The normalized spacial score (nSPS) is 11.5. The van der Waals surface area contributed by atoms with E-state index in [0.717, 1.165) is 17.7 Å². The molecule has 0 heterocycles. The molecule has 1 atom stereocenters. The van der Waals surface area contributed by atoms with Gasteiger partial charge in [-0.15, -0.1) is 0 Å². The molecule has 0 aliphatic rings. The number of carbonyl (C=O) groups excluding carboxylic acids is 1.